The largest absolute Gasteiger partial charge is 0.0616 e. The number of benzene rings is 6. The molecule has 0 amide bonds. The van der Waals surface area contributed by atoms with Crippen LogP contribution < -0.4 is 0 Å². The molecular formula is C29H22. The summed E-state index contributed by atoms with van der Waals surface area (Å²) in [6, 6.07) is 40.8. The van der Waals surface area contributed by atoms with Crippen molar-refractivity contribution < 1.29 is 0 Å². The van der Waals surface area contributed by atoms with Gasteiger partial charge in [-0.1, -0.05) is 115 Å². The van der Waals surface area contributed by atoms with Crippen molar-refractivity contribution >= 4 is 43.1 Å². The second-order valence-corrected chi connectivity index (χ2v) is 7.46. The first-order valence-corrected chi connectivity index (χ1v) is 10.0. The molecule has 0 saturated heterocycles. The third-order valence-electron chi connectivity index (χ3n) is 5.66. The Hall–Kier alpha value is -3.64. The normalized spacial score (nSPS) is 10.9. The van der Waals surface area contributed by atoms with E-state index in [-0.39, 0.29) is 0 Å². The van der Waals surface area contributed by atoms with Crippen LogP contribution >= 0.6 is 0 Å². The van der Waals surface area contributed by atoms with Gasteiger partial charge in [0.25, 0.3) is 0 Å². The molecule has 0 aliphatic rings. The van der Waals surface area contributed by atoms with Gasteiger partial charge in [0.1, 0.15) is 0 Å². The molecule has 0 heterocycles. The Morgan fingerprint density at radius 2 is 0.724 bits per heavy atom. The Labute approximate surface area is 171 Å². The van der Waals surface area contributed by atoms with Crippen molar-refractivity contribution in [2.45, 2.75) is 6.92 Å². The number of aryl methyl sites for hydroxylation is 1. The van der Waals surface area contributed by atoms with Crippen molar-refractivity contribution in [1.29, 1.82) is 0 Å². The van der Waals surface area contributed by atoms with Crippen LogP contribution in [0.5, 0.6) is 0 Å². The van der Waals surface area contributed by atoms with E-state index < -0.39 is 0 Å². The maximum atomic E-state index is 2.22. The summed E-state index contributed by atoms with van der Waals surface area (Å²) in [5, 5.41) is 10.7. The summed E-state index contributed by atoms with van der Waals surface area (Å²) < 4.78 is 0. The first kappa shape index (κ1) is 17.5. The Morgan fingerprint density at radius 3 is 1.28 bits per heavy atom. The molecule has 0 unspecified atom stereocenters. The third kappa shape index (κ3) is 3.23. The molecule has 0 aliphatic carbocycles. The first-order valence-electron chi connectivity index (χ1n) is 10.0. The molecule has 0 spiro atoms. The van der Waals surface area contributed by atoms with Crippen LogP contribution in [0.1, 0.15) is 5.56 Å². The molecule has 0 atom stereocenters. The summed E-state index contributed by atoms with van der Waals surface area (Å²) in [5.74, 6) is 0. The van der Waals surface area contributed by atoms with E-state index >= 15 is 0 Å². The highest BCUT2D eigenvalue weighted by Crippen LogP contribution is 2.27. The van der Waals surface area contributed by atoms with Crippen LogP contribution in [0.2, 0.25) is 0 Å². The minimum atomic E-state index is 1.31. The molecule has 0 nitrogen and oxygen atoms in total. The second-order valence-electron chi connectivity index (χ2n) is 7.46. The Morgan fingerprint density at radius 1 is 0.310 bits per heavy atom. The highest BCUT2D eigenvalue weighted by atomic mass is 14.0. The van der Waals surface area contributed by atoms with Gasteiger partial charge >= 0.3 is 0 Å². The van der Waals surface area contributed by atoms with Gasteiger partial charge in [0.2, 0.25) is 0 Å². The van der Waals surface area contributed by atoms with Crippen LogP contribution in [0.25, 0.3) is 43.1 Å². The van der Waals surface area contributed by atoms with Crippen molar-refractivity contribution in [3.63, 3.8) is 0 Å². The zero-order chi connectivity index (χ0) is 19.6. The van der Waals surface area contributed by atoms with Gasteiger partial charge in [0.15, 0.2) is 0 Å². The fraction of sp³-hybridized carbons (Fsp3) is 0.0345. The summed E-state index contributed by atoms with van der Waals surface area (Å²) in [6.07, 6.45) is 0. The lowest BCUT2D eigenvalue weighted by atomic mass is 9.99. The van der Waals surface area contributed by atoms with Crippen molar-refractivity contribution in [2.75, 3.05) is 0 Å². The summed E-state index contributed by atoms with van der Waals surface area (Å²) in [6.45, 7) is 2.16. The predicted molar refractivity (Wildman–Crippen MR) is 128 cm³/mol. The van der Waals surface area contributed by atoms with E-state index in [1.54, 1.807) is 0 Å². The van der Waals surface area contributed by atoms with Crippen molar-refractivity contribution in [2.24, 2.45) is 0 Å². The van der Waals surface area contributed by atoms with Crippen LogP contribution in [0.3, 0.4) is 0 Å². The summed E-state index contributed by atoms with van der Waals surface area (Å²) in [7, 11) is 0. The molecule has 0 saturated carbocycles. The number of rotatable bonds is 0. The van der Waals surface area contributed by atoms with Crippen molar-refractivity contribution in [1.82, 2.24) is 0 Å². The monoisotopic (exact) mass is 370 g/mol. The van der Waals surface area contributed by atoms with E-state index in [1.165, 1.54) is 48.7 Å². The maximum Gasteiger partial charge on any atom is -0.0103 e. The minimum Gasteiger partial charge on any atom is -0.0616 e. The van der Waals surface area contributed by atoms with E-state index in [9.17, 15) is 0 Å². The topological polar surface area (TPSA) is 0 Å². The average Bonchev–Trinajstić information content (AvgIpc) is 2.79. The first-order chi connectivity index (χ1) is 14.3. The molecule has 29 heavy (non-hydrogen) atoms. The van der Waals surface area contributed by atoms with E-state index in [2.05, 4.69) is 122 Å². The molecule has 6 aromatic rings. The quantitative estimate of drug-likeness (QED) is 0.236. The third-order valence-corrected chi connectivity index (χ3v) is 5.66. The van der Waals surface area contributed by atoms with Crippen LogP contribution in [0, 0.1) is 6.92 Å². The lowest BCUT2D eigenvalue weighted by molar-refractivity contribution is 1.54. The van der Waals surface area contributed by atoms with E-state index in [1.807, 2.05) is 0 Å². The number of fused-ring (bicyclic) bond motifs is 6. The summed E-state index contributed by atoms with van der Waals surface area (Å²) >= 11 is 0. The van der Waals surface area contributed by atoms with Gasteiger partial charge in [-0.25, -0.2) is 0 Å². The van der Waals surface area contributed by atoms with Gasteiger partial charge in [-0.15, -0.1) is 0 Å². The fourth-order valence-electron chi connectivity index (χ4n) is 4.15. The molecule has 0 aromatic heterocycles. The number of hydrogen-bond donors (Lipinski definition) is 0. The Kier molecular flexibility index (Phi) is 4.46. The molecule has 0 aliphatic heterocycles. The van der Waals surface area contributed by atoms with Gasteiger partial charge in [-0.3, -0.25) is 0 Å². The van der Waals surface area contributed by atoms with Crippen molar-refractivity contribution in [3.05, 3.63) is 121 Å². The van der Waals surface area contributed by atoms with Gasteiger partial charge < -0.3 is 0 Å². The van der Waals surface area contributed by atoms with E-state index in [0.717, 1.165) is 0 Å². The standard InChI is InChI=1S/C15H12.C14H10/c1-11-5-4-8-15-13(11)10-9-12-6-2-3-7-14(12)15;1-3-7-13-11(5-1)9-10-12-6-2-4-8-14(12)13/h2-10H,1H3;1-10H. The molecule has 0 N–H and O–H groups in total. The van der Waals surface area contributed by atoms with Gasteiger partial charge in [-0.2, -0.15) is 0 Å². The smallest absolute Gasteiger partial charge is 0.0103 e. The Balaban J connectivity index is 0.000000125. The Bertz CT molecular complexity index is 1400. The molecule has 0 heteroatoms. The fourth-order valence-corrected chi connectivity index (χ4v) is 4.15. The molecule has 6 aromatic carbocycles. The van der Waals surface area contributed by atoms with Gasteiger partial charge in [-0.05, 0) is 55.6 Å². The molecule has 0 bridgehead atoms. The van der Waals surface area contributed by atoms with Crippen molar-refractivity contribution in [3.8, 4) is 0 Å². The van der Waals surface area contributed by atoms with Crippen LogP contribution in [-0.2, 0) is 0 Å². The molecule has 0 radical (unpaired) electrons. The maximum absolute atomic E-state index is 2.22. The van der Waals surface area contributed by atoms with Gasteiger partial charge in [0.05, 0.1) is 0 Å². The molecule has 6 rings (SSSR count). The average molecular weight is 370 g/mol. The molecular weight excluding hydrogens is 348 g/mol. The van der Waals surface area contributed by atoms with E-state index in [0.29, 0.717) is 0 Å². The predicted octanol–water partition coefficient (Wildman–Crippen LogP) is 8.29. The van der Waals surface area contributed by atoms with Gasteiger partial charge in [0, 0.05) is 0 Å². The summed E-state index contributed by atoms with van der Waals surface area (Å²) in [4.78, 5) is 0. The lowest BCUT2D eigenvalue weighted by Crippen LogP contribution is -1.80. The van der Waals surface area contributed by atoms with Crippen LogP contribution in [-0.4, -0.2) is 0 Å². The lowest BCUT2D eigenvalue weighted by Gasteiger charge is -2.05. The zero-order valence-corrected chi connectivity index (χ0v) is 16.5. The summed E-state index contributed by atoms with van der Waals surface area (Å²) in [5.41, 5.74) is 1.35. The van der Waals surface area contributed by atoms with Crippen LogP contribution in [0.15, 0.2) is 115 Å². The zero-order valence-electron chi connectivity index (χ0n) is 16.5. The molecule has 138 valence electrons. The van der Waals surface area contributed by atoms with Crippen LogP contribution in [0.4, 0.5) is 0 Å². The highest BCUT2D eigenvalue weighted by molar-refractivity contribution is 6.08. The highest BCUT2D eigenvalue weighted by Gasteiger charge is 2.00. The molecule has 0 fully saturated rings. The second kappa shape index (κ2) is 7.41. The van der Waals surface area contributed by atoms with E-state index in [4.69, 9.17) is 0 Å². The number of hydrogen-bond acceptors (Lipinski definition) is 0. The minimum absolute atomic E-state index is 1.31. The SMILES string of the molecule is Cc1cccc2c1ccc1ccccc12.c1ccc2c(c1)ccc1ccccc12.